The highest BCUT2D eigenvalue weighted by Gasteiger charge is 2.05. The second-order valence-corrected chi connectivity index (χ2v) is 3.41. The Kier molecular flexibility index (Phi) is 1.77. The molecule has 0 amide bonds. The van der Waals surface area contributed by atoms with Crippen molar-refractivity contribution in [3.63, 3.8) is 0 Å². The van der Waals surface area contributed by atoms with Crippen LogP contribution in [0.25, 0.3) is 11.5 Å². The molecule has 0 saturated heterocycles. The predicted molar refractivity (Wildman–Crippen MR) is 59.2 cm³/mol. The van der Waals surface area contributed by atoms with Gasteiger partial charge in [0.2, 0.25) is 0 Å². The summed E-state index contributed by atoms with van der Waals surface area (Å²) in [5.41, 5.74) is 1.48. The van der Waals surface area contributed by atoms with Crippen LogP contribution in [-0.2, 0) is 0 Å². The molecule has 0 spiro atoms. The van der Waals surface area contributed by atoms with Gasteiger partial charge in [0.1, 0.15) is 23.2 Å². The van der Waals surface area contributed by atoms with Crippen molar-refractivity contribution in [1.29, 1.82) is 5.26 Å². The number of pyridine rings is 1. The molecular weight excluding hydrogens is 200 g/mol. The number of rotatable bonds is 1. The molecule has 0 unspecified atom stereocenters. The third kappa shape index (κ3) is 1.12. The molecule has 0 aliphatic heterocycles. The Bertz CT molecular complexity index is 684. The van der Waals surface area contributed by atoms with Gasteiger partial charge in [0.15, 0.2) is 0 Å². The van der Waals surface area contributed by atoms with Crippen LogP contribution in [0, 0.1) is 11.3 Å². The Morgan fingerprint density at radius 2 is 2.06 bits per heavy atom. The maximum absolute atomic E-state index is 9.00. The first-order valence-corrected chi connectivity index (χ1v) is 4.90. The lowest BCUT2D eigenvalue weighted by Crippen LogP contribution is -2.01. The first-order valence-electron chi connectivity index (χ1n) is 4.90. The number of hydrogen-bond acceptors (Lipinski definition) is 2. The molecular formula is C12H8N4. The average molecular weight is 208 g/mol. The van der Waals surface area contributed by atoms with Crippen molar-refractivity contribution in [3.05, 3.63) is 54.6 Å². The summed E-state index contributed by atoms with van der Waals surface area (Å²) in [5.74, 6) is 0.913. The van der Waals surface area contributed by atoms with E-state index >= 15 is 0 Å². The highest BCUT2D eigenvalue weighted by molar-refractivity contribution is 5.46. The number of aromatic nitrogens is 3. The largest absolute Gasteiger partial charge is 0.294 e. The summed E-state index contributed by atoms with van der Waals surface area (Å²) in [4.78, 5) is 4.21. The molecule has 0 N–H and O–H groups in total. The van der Waals surface area contributed by atoms with Gasteiger partial charge >= 0.3 is 0 Å². The molecule has 0 aliphatic carbocycles. The van der Waals surface area contributed by atoms with Crippen molar-refractivity contribution in [2.24, 2.45) is 0 Å². The molecule has 0 fully saturated rings. The van der Waals surface area contributed by atoms with Crippen molar-refractivity contribution in [2.45, 2.75) is 0 Å². The lowest BCUT2D eigenvalue weighted by atomic mass is 10.4. The molecule has 4 heteroatoms. The van der Waals surface area contributed by atoms with Gasteiger partial charge in [-0.15, -0.1) is 0 Å². The van der Waals surface area contributed by atoms with Gasteiger partial charge in [-0.05, 0) is 24.3 Å². The number of fused-ring (bicyclic) bond motifs is 1. The lowest BCUT2D eigenvalue weighted by molar-refractivity contribution is 0.952. The highest BCUT2D eigenvalue weighted by atomic mass is 15.1. The fraction of sp³-hybridized carbons (Fsp3) is 0. The Morgan fingerprint density at radius 1 is 1.12 bits per heavy atom. The van der Waals surface area contributed by atoms with Crippen molar-refractivity contribution in [2.75, 3.05) is 0 Å². The Hall–Kier alpha value is -2.54. The Balaban J connectivity index is 2.35. The fourth-order valence-electron chi connectivity index (χ4n) is 1.80. The summed E-state index contributed by atoms with van der Waals surface area (Å²) in [5, 5.41) is 9.00. The minimum absolute atomic E-state index is 0.612. The van der Waals surface area contributed by atoms with Crippen LogP contribution in [0.4, 0.5) is 0 Å². The summed E-state index contributed by atoms with van der Waals surface area (Å²) < 4.78 is 3.79. The highest BCUT2D eigenvalue weighted by Crippen LogP contribution is 2.13. The van der Waals surface area contributed by atoms with Crippen molar-refractivity contribution in [1.82, 2.24) is 14.0 Å². The van der Waals surface area contributed by atoms with Crippen molar-refractivity contribution in [3.8, 4) is 11.9 Å². The summed E-state index contributed by atoms with van der Waals surface area (Å²) >= 11 is 0. The normalized spacial score (nSPS) is 10.4. The van der Waals surface area contributed by atoms with Crippen LogP contribution in [0.1, 0.15) is 5.69 Å². The lowest BCUT2D eigenvalue weighted by Gasteiger charge is -2.07. The van der Waals surface area contributed by atoms with E-state index in [9.17, 15) is 0 Å². The van der Waals surface area contributed by atoms with Crippen LogP contribution in [0.5, 0.6) is 0 Å². The van der Waals surface area contributed by atoms with Crippen LogP contribution in [0.3, 0.4) is 0 Å². The van der Waals surface area contributed by atoms with Crippen LogP contribution < -0.4 is 0 Å². The van der Waals surface area contributed by atoms with E-state index in [1.54, 1.807) is 12.3 Å². The zero-order chi connectivity index (χ0) is 11.0. The molecule has 4 nitrogen and oxygen atoms in total. The number of hydrogen-bond donors (Lipinski definition) is 0. The van der Waals surface area contributed by atoms with Crippen LogP contribution in [0.15, 0.2) is 48.9 Å². The molecule has 0 bridgehead atoms. The van der Waals surface area contributed by atoms with E-state index in [0.717, 1.165) is 11.5 Å². The van der Waals surface area contributed by atoms with E-state index in [-0.39, 0.29) is 0 Å². The van der Waals surface area contributed by atoms with Crippen LogP contribution >= 0.6 is 0 Å². The quantitative estimate of drug-likeness (QED) is 0.614. The Morgan fingerprint density at radius 3 is 2.94 bits per heavy atom. The Labute approximate surface area is 92.0 Å². The monoisotopic (exact) mass is 208 g/mol. The number of nitriles is 1. The molecule has 0 saturated carbocycles. The molecule has 76 valence electrons. The summed E-state index contributed by atoms with van der Waals surface area (Å²) in [7, 11) is 0. The van der Waals surface area contributed by atoms with E-state index in [0.29, 0.717) is 5.69 Å². The number of imidazole rings is 1. The molecule has 3 rings (SSSR count). The van der Waals surface area contributed by atoms with E-state index in [1.807, 2.05) is 45.6 Å². The van der Waals surface area contributed by atoms with Crippen molar-refractivity contribution < 1.29 is 0 Å². The second-order valence-electron chi connectivity index (χ2n) is 3.41. The van der Waals surface area contributed by atoms with Gasteiger partial charge in [0.25, 0.3) is 0 Å². The minimum atomic E-state index is 0.612. The third-order valence-corrected chi connectivity index (χ3v) is 2.52. The maximum atomic E-state index is 9.00. The SMILES string of the molecule is N#Cc1cccn1-c1cccc2nccn12. The molecule has 0 radical (unpaired) electrons. The zero-order valence-electron chi connectivity index (χ0n) is 8.41. The van der Waals surface area contributed by atoms with Gasteiger partial charge in [0, 0.05) is 18.6 Å². The number of nitrogens with zero attached hydrogens (tertiary/aromatic N) is 4. The molecule has 0 aromatic carbocycles. The first-order chi connectivity index (χ1) is 7.90. The van der Waals surface area contributed by atoms with Gasteiger partial charge < -0.3 is 0 Å². The van der Waals surface area contributed by atoms with Gasteiger partial charge in [-0.3, -0.25) is 8.97 Å². The van der Waals surface area contributed by atoms with E-state index in [4.69, 9.17) is 5.26 Å². The second kappa shape index (κ2) is 3.24. The van der Waals surface area contributed by atoms with Gasteiger partial charge in [-0.2, -0.15) is 5.26 Å². The molecule has 3 heterocycles. The van der Waals surface area contributed by atoms with E-state index < -0.39 is 0 Å². The first kappa shape index (κ1) is 8.74. The molecule has 0 atom stereocenters. The molecule has 16 heavy (non-hydrogen) atoms. The predicted octanol–water partition coefficient (Wildman–Crippen LogP) is 2.00. The summed E-state index contributed by atoms with van der Waals surface area (Å²) in [6.07, 6.45) is 5.49. The summed E-state index contributed by atoms with van der Waals surface area (Å²) in [6.45, 7) is 0. The smallest absolute Gasteiger partial charge is 0.138 e. The standard InChI is InChI=1S/C12H8N4/c13-9-10-3-2-7-15(10)12-5-1-4-11-14-6-8-16(11)12/h1-8H. The van der Waals surface area contributed by atoms with E-state index in [2.05, 4.69) is 11.1 Å². The summed E-state index contributed by atoms with van der Waals surface area (Å²) in [6, 6.07) is 11.6. The van der Waals surface area contributed by atoms with E-state index in [1.165, 1.54) is 0 Å². The van der Waals surface area contributed by atoms with Crippen LogP contribution in [0.2, 0.25) is 0 Å². The van der Waals surface area contributed by atoms with Gasteiger partial charge in [-0.25, -0.2) is 4.98 Å². The topological polar surface area (TPSA) is 46.0 Å². The molecule has 3 aromatic rings. The van der Waals surface area contributed by atoms with Gasteiger partial charge in [-0.1, -0.05) is 6.07 Å². The van der Waals surface area contributed by atoms with Gasteiger partial charge in [0.05, 0.1) is 0 Å². The molecule has 3 aromatic heterocycles. The minimum Gasteiger partial charge on any atom is -0.294 e. The van der Waals surface area contributed by atoms with Crippen LogP contribution in [-0.4, -0.2) is 14.0 Å². The third-order valence-electron chi connectivity index (χ3n) is 2.52. The van der Waals surface area contributed by atoms with Crippen molar-refractivity contribution >= 4 is 5.65 Å². The maximum Gasteiger partial charge on any atom is 0.138 e. The zero-order valence-corrected chi connectivity index (χ0v) is 8.41. The average Bonchev–Trinajstić information content (AvgIpc) is 2.96. The fourth-order valence-corrected chi connectivity index (χ4v) is 1.80. The molecule has 0 aliphatic rings.